The number of hydrogen-bond acceptors (Lipinski definition) is 7. The third-order valence-corrected chi connectivity index (χ3v) is 5.36. The van der Waals surface area contributed by atoms with Crippen LogP contribution in [-0.4, -0.2) is 71.4 Å². The molecule has 200 valence electrons. The Kier molecular flexibility index (Phi) is 14.0. The van der Waals surface area contributed by atoms with Crippen molar-refractivity contribution >= 4 is 35.6 Å². The summed E-state index contributed by atoms with van der Waals surface area (Å²) in [5, 5.41) is 17.0. The summed E-state index contributed by atoms with van der Waals surface area (Å²) < 4.78 is 0. The topological polar surface area (TPSA) is 258 Å². The highest BCUT2D eigenvalue weighted by molar-refractivity contribution is 5.95. The molecule has 5 unspecified atom stereocenters. The molecular formula is C21H40N8O6. The van der Waals surface area contributed by atoms with Gasteiger partial charge in [0.15, 0.2) is 5.96 Å². The number of aliphatic imine (C=N–C) groups is 1. The van der Waals surface area contributed by atoms with Crippen LogP contribution in [0.3, 0.4) is 0 Å². The van der Waals surface area contributed by atoms with Gasteiger partial charge in [0.2, 0.25) is 23.6 Å². The van der Waals surface area contributed by atoms with Crippen molar-refractivity contribution in [1.82, 2.24) is 16.0 Å². The molecule has 14 nitrogen and oxygen atoms in total. The zero-order valence-corrected chi connectivity index (χ0v) is 20.7. The van der Waals surface area contributed by atoms with Gasteiger partial charge >= 0.3 is 5.97 Å². The van der Waals surface area contributed by atoms with E-state index in [1.807, 2.05) is 6.92 Å². The first kappa shape index (κ1) is 31.6. The molecule has 14 heteroatoms. The zero-order chi connectivity index (χ0) is 27.3. The van der Waals surface area contributed by atoms with E-state index in [0.29, 0.717) is 12.8 Å². The third kappa shape index (κ3) is 12.0. The second kappa shape index (κ2) is 15.5. The van der Waals surface area contributed by atoms with E-state index in [0.717, 1.165) is 0 Å². The van der Waals surface area contributed by atoms with E-state index in [-0.39, 0.29) is 24.8 Å². The molecule has 4 amide bonds. The highest BCUT2D eigenvalue weighted by atomic mass is 16.4. The van der Waals surface area contributed by atoms with Crippen LogP contribution in [0, 0.1) is 11.8 Å². The Balaban J connectivity index is 5.43. The van der Waals surface area contributed by atoms with Gasteiger partial charge in [0.05, 0.1) is 12.5 Å². The molecule has 0 aromatic carbocycles. The van der Waals surface area contributed by atoms with E-state index in [4.69, 9.17) is 22.9 Å². The van der Waals surface area contributed by atoms with Crippen LogP contribution < -0.4 is 38.9 Å². The Bertz CT molecular complexity index is 784. The molecule has 0 aliphatic heterocycles. The molecule has 0 aromatic rings. The van der Waals surface area contributed by atoms with Crippen molar-refractivity contribution in [3.05, 3.63) is 0 Å². The second-order valence-electron chi connectivity index (χ2n) is 8.73. The number of aliphatic carboxylic acids is 1. The molecule has 0 radical (unpaired) electrons. The van der Waals surface area contributed by atoms with Gasteiger partial charge in [0.1, 0.15) is 18.1 Å². The first-order valence-electron chi connectivity index (χ1n) is 11.4. The van der Waals surface area contributed by atoms with Crippen molar-refractivity contribution in [1.29, 1.82) is 0 Å². The quantitative estimate of drug-likeness (QED) is 0.0631. The number of carboxylic acids is 1. The van der Waals surface area contributed by atoms with Crippen molar-refractivity contribution in [2.24, 2.45) is 39.8 Å². The summed E-state index contributed by atoms with van der Waals surface area (Å²) in [7, 11) is 0. The predicted octanol–water partition coefficient (Wildman–Crippen LogP) is -2.52. The molecule has 0 rings (SSSR count). The van der Waals surface area contributed by atoms with Gasteiger partial charge in [-0.2, -0.15) is 0 Å². The number of carbonyl (C=O) groups excluding carboxylic acids is 4. The minimum absolute atomic E-state index is 0.0694. The normalized spacial score (nSPS) is 15.1. The molecule has 5 atom stereocenters. The minimum atomic E-state index is -1.25. The molecule has 0 aliphatic rings. The fourth-order valence-electron chi connectivity index (χ4n) is 3.07. The largest absolute Gasteiger partial charge is 0.480 e. The van der Waals surface area contributed by atoms with Crippen molar-refractivity contribution in [3.8, 4) is 0 Å². The minimum Gasteiger partial charge on any atom is -0.480 e. The highest BCUT2D eigenvalue weighted by Crippen LogP contribution is 2.11. The molecule has 0 bridgehead atoms. The molecule has 0 aliphatic carbocycles. The Hall–Kier alpha value is -3.42. The molecule has 35 heavy (non-hydrogen) atoms. The molecule has 12 N–H and O–H groups in total. The second-order valence-corrected chi connectivity index (χ2v) is 8.73. The average Bonchev–Trinajstić information content (AvgIpc) is 2.75. The lowest BCUT2D eigenvalue weighted by Crippen LogP contribution is -2.60. The van der Waals surface area contributed by atoms with Crippen LogP contribution in [-0.2, 0) is 24.0 Å². The maximum atomic E-state index is 13.0. The maximum Gasteiger partial charge on any atom is 0.326 e. The number of primary amides is 1. The molecular weight excluding hydrogens is 460 g/mol. The monoisotopic (exact) mass is 500 g/mol. The highest BCUT2D eigenvalue weighted by Gasteiger charge is 2.33. The average molecular weight is 501 g/mol. The van der Waals surface area contributed by atoms with Crippen molar-refractivity contribution in [3.63, 3.8) is 0 Å². The predicted molar refractivity (Wildman–Crippen MR) is 129 cm³/mol. The SMILES string of the molecule is CCC(C)C(NC(=O)C(N)CC(N)=O)C(=O)NC(C(=O)NC(CCCN=C(N)N)C(=O)O)C(C)C. The lowest BCUT2D eigenvalue weighted by atomic mass is 9.96. The fourth-order valence-corrected chi connectivity index (χ4v) is 3.07. The third-order valence-electron chi connectivity index (χ3n) is 5.36. The number of nitrogens with two attached hydrogens (primary N) is 4. The summed E-state index contributed by atoms with van der Waals surface area (Å²) in [6.45, 7) is 7.09. The van der Waals surface area contributed by atoms with Crippen LogP contribution in [0.4, 0.5) is 0 Å². The number of rotatable bonds is 16. The van der Waals surface area contributed by atoms with E-state index < -0.39 is 66.1 Å². The first-order chi connectivity index (χ1) is 16.2. The van der Waals surface area contributed by atoms with Crippen molar-refractivity contribution in [2.75, 3.05) is 6.54 Å². The number of carbonyl (C=O) groups is 5. The van der Waals surface area contributed by atoms with E-state index in [9.17, 15) is 29.1 Å². The molecule has 0 fully saturated rings. The van der Waals surface area contributed by atoms with E-state index in [1.165, 1.54) is 0 Å². The van der Waals surface area contributed by atoms with Crippen LogP contribution in [0.1, 0.15) is 53.4 Å². The van der Waals surface area contributed by atoms with Gasteiger partial charge in [0.25, 0.3) is 0 Å². The molecule has 0 aromatic heterocycles. The van der Waals surface area contributed by atoms with Crippen LogP contribution in [0.15, 0.2) is 4.99 Å². The van der Waals surface area contributed by atoms with Crippen molar-refractivity contribution in [2.45, 2.75) is 77.5 Å². The van der Waals surface area contributed by atoms with Gasteiger partial charge < -0.3 is 44.0 Å². The Morgan fingerprint density at radius 1 is 0.886 bits per heavy atom. The Morgan fingerprint density at radius 2 is 1.43 bits per heavy atom. The number of nitrogens with zero attached hydrogens (tertiary/aromatic N) is 1. The fraction of sp³-hybridized carbons (Fsp3) is 0.714. The smallest absolute Gasteiger partial charge is 0.326 e. The number of amides is 4. The van der Waals surface area contributed by atoms with E-state index >= 15 is 0 Å². The number of guanidine groups is 1. The van der Waals surface area contributed by atoms with Gasteiger partial charge in [-0.3, -0.25) is 24.2 Å². The Morgan fingerprint density at radius 3 is 1.89 bits per heavy atom. The molecule has 0 saturated carbocycles. The Labute approximate surface area is 205 Å². The standard InChI is InChI=1S/C21H40N8O6/c1-5-11(4)16(29-17(31)12(22)9-14(23)30)19(33)28-15(10(2)3)18(32)27-13(20(34)35)7-6-8-26-21(24)25/h10-13,15-16H,5-9,22H2,1-4H3,(H2,23,30)(H,27,32)(H,28,33)(H,29,31)(H,34,35)(H4,24,25,26). The molecule has 0 heterocycles. The lowest BCUT2D eigenvalue weighted by Gasteiger charge is -2.29. The van der Waals surface area contributed by atoms with Crippen LogP contribution in [0.2, 0.25) is 0 Å². The first-order valence-corrected chi connectivity index (χ1v) is 11.4. The van der Waals surface area contributed by atoms with Crippen LogP contribution in [0.25, 0.3) is 0 Å². The van der Waals surface area contributed by atoms with Gasteiger partial charge in [0, 0.05) is 6.54 Å². The summed E-state index contributed by atoms with van der Waals surface area (Å²) in [5.41, 5.74) is 21.2. The summed E-state index contributed by atoms with van der Waals surface area (Å²) >= 11 is 0. The maximum absolute atomic E-state index is 13.0. The number of hydrogen-bond donors (Lipinski definition) is 8. The van der Waals surface area contributed by atoms with E-state index in [1.54, 1.807) is 20.8 Å². The molecule has 0 spiro atoms. The summed E-state index contributed by atoms with van der Waals surface area (Å²) in [6.07, 6.45) is 0.498. The summed E-state index contributed by atoms with van der Waals surface area (Å²) in [6, 6.07) is -4.57. The summed E-state index contributed by atoms with van der Waals surface area (Å²) in [5.74, 6) is -4.94. The van der Waals surface area contributed by atoms with Crippen LogP contribution in [0.5, 0.6) is 0 Å². The van der Waals surface area contributed by atoms with E-state index in [2.05, 4.69) is 20.9 Å². The van der Waals surface area contributed by atoms with Gasteiger partial charge in [-0.1, -0.05) is 34.1 Å². The zero-order valence-electron chi connectivity index (χ0n) is 20.7. The van der Waals surface area contributed by atoms with Gasteiger partial charge in [-0.25, -0.2) is 4.79 Å². The van der Waals surface area contributed by atoms with Gasteiger partial charge in [-0.15, -0.1) is 0 Å². The molecule has 0 saturated heterocycles. The number of nitrogens with one attached hydrogen (secondary N) is 3. The summed E-state index contributed by atoms with van der Waals surface area (Å²) in [4.78, 5) is 64.7. The number of carboxylic acid groups (broad SMARTS) is 1. The van der Waals surface area contributed by atoms with Gasteiger partial charge in [-0.05, 0) is 24.7 Å². The van der Waals surface area contributed by atoms with Crippen LogP contribution >= 0.6 is 0 Å². The van der Waals surface area contributed by atoms with Crippen molar-refractivity contribution < 1.29 is 29.1 Å². The lowest BCUT2D eigenvalue weighted by molar-refractivity contribution is -0.143.